The van der Waals surface area contributed by atoms with Crippen LogP contribution in [-0.2, 0) is 16.2 Å². The third-order valence-corrected chi connectivity index (χ3v) is 7.13. The summed E-state index contributed by atoms with van der Waals surface area (Å²) in [6.07, 6.45) is 1.01. The molecule has 0 spiro atoms. The lowest BCUT2D eigenvalue weighted by Crippen LogP contribution is -2.38. The number of allylic oxidation sites excluding steroid dienone is 1. The molecule has 6 nitrogen and oxygen atoms in total. The first-order chi connectivity index (χ1) is 17.6. The summed E-state index contributed by atoms with van der Waals surface area (Å²) in [5, 5.41) is 14.1. The van der Waals surface area contributed by atoms with Crippen LogP contribution in [0.4, 0.5) is 11.4 Å². The predicted molar refractivity (Wildman–Crippen MR) is 145 cm³/mol. The first-order valence-electron chi connectivity index (χ1n) is 12.6. The Kier molecular flexibility index (Phi) is 6.28. The summed E-state index contributed by atoms with van der Waals surface area (Å²) in [6, 6.07) is 20.2. The van der Waals surface area contributed by atoms with Gasteiger partial charge in [-0.15, -0.1) is 0 Å². The van der Waals surface area contributed by atoms with Crippen LogP contribution in [-0.4, -0.2) is 16.8 Å². The van der Waals surface area contributed by atoms with Gasteiger partial charge in [0.05, 0.1) is 11.7 Å². The SMILES string of the molecule is CC(=O)N1c2cccc(O)c2NC2=C(C(=O)CC(C)(C)C2)C1c1ccc(OCc2ccccc2)cc1C. The Morgan fingerprint density at radius 2 is 1.84 bits per heavy atom. The van der Waals surface area contributed by atoms with Crippen molar-refractivity contribution in [2.75, 3.05) is 10.2 Å². The summed E-state index contributed by atoms with van der Waals surface area (Å²) in [6.45, 7) is 8.05. The maximum absolute atomic E-state index is 13.7. The van der Waals surface area contributed by atoms with Crippen molar-refractivity contribution in [1.82, 2.24) is 0 Å². The highest BCUT2D eigenvalue weighted by atomic mass is 16.5. The molecule has 1 heterocycles. The van der Waals surface area contributed by atoms with Crippen molar-refractivity contribution >= 4 is 23.1 Å². The quantitative estimate of drug-likeness (QED) is 0.406. The fourth-order valence-electron chi connectivity index (χ4n) is 5.47. The number of nitrogens with one attached hydrogen (secondary N) is 1. The van der Waals surface area contributed by atoms with Crippen molar-refractivity contribution in [3.8, 4) is 11.5 Å². The molecule has 2 aliphatic rings. The smallest absolute Gasteiger partial charge is 0.224 e. The lowest BCUT2D eigenvalue weighted by atomic mass is 9.73. The van der Waals surface area contributed by atoms with Crippen molar-refractivity contribution in [3.63, 3.8) is 0 Å². The number of phenolic OH excluding ortho intramolecular Hbond substituents is 1. The van der Waals surface area contributed by atoms with Crippen molar-refractivity contribution in [2.24, 2.45) is 5.41 Å². The number of ketones is 1. The van der Waals surface area contributed by atoms with E-state index in [1.54, 1.807) is 23.1 Å². The molecule has 190 valence electrons. The van der Waals surface area contributed by atoms with Gasteiger partial charge in [0, 0.05) is 24.6 Å². The van der Waals surface area contributed by atoms with Crippen molar-refractivity contribution < 1.29 is 19.4 Å². The number of hydrogen-bond acceptors (Lipinski definition) is 5. The molecule has 1 unspecified atom stereocenters. The van der Waals surface area contributed by atoms with E-state index in [-0.39, 0.29) is 22.9 Å². The zero-order chi connectivity index (χ0) is 26.3. The molecule has 1 aliphatic carbocycles. The van der Waals surface area contributed by atoms with E-state index in [1.165, 1.54) is 6.92 Å². The second-order valence-corrected chi connectivity index (χ2v) is 10.7. The number of carbonyl (C=O) groups excluding carboxylic acids is 2. The van der Waals surface area contributed by atoms with Crippen molar-refractivity contribution in [3.05, 3.63) is 94.7 Å². The molecule has 1 aliphatic heterocycles. The minimum absolute atomic E-state index is 0.00565. The van der Waals surface area contributed by atoms with Crippen LogP contribution in [0.5, 0.6) is 11.5 Å². The molecule has 0 saturated heterocycles. The Bertz CT molecular complexity index is 1410. The van der Waals surface area contributed by atoms with E-state index >= 15 is 0 Å². The standard InChI is InChI=1S/C31H32N2O4/c1-19-15-22(37-18-21-9-6-5-7-10-21)13-14-23(19)30-28-24(16-31(3,4)17-27(28)36)32-29-25(33(30)20(2)34)11-8-12-26(29)35/h5-15,30,32,35H,16-18H2,1-4H3. The first kappa shape index (κ1) is 24.6. The highest BCUT2D eigenvalue weighted by molar-refractivity contribution is 6.06. The van der Waals surface area contributed by atoms with Crippen LogP contribution in [0.3, 0.4) is 0 Å². The second-order valence-electron chi connectivity index (χ2n) is 10.7. The zero-order valence-corrected chi connectivity index (χ0v) is 21.7. The molecule has 3 aromatic carbocycles. The molecule has 2 N–H and O–H groups in total. The molecule has 5 rings (SSSR count). The number of benzene rings is 3. The predicted octanol–water partition coefficient (Wildman–Crippen LogP) is 6.44. The van der Waals surface area contributed by atoms with E-state index in [4.69, 9.17) is 4.74 Å². The van der Waals surface area contributed by atoms with E-state index in [0.717, 1.165) is 28.1 Å². The summed E-state index contributed by atoms with van der Waals surface area (Å²) < 4.78 is 6.04. The highest BCUT2D eigenvalue weighted by Crippen LogP contribution is 2.50. The van der Waals surface area contributed by atoms with Gasteiger partial charge in [0.15, 0.2) is 5.78 Å². The summed E-state index contributed by atoms with van der Waals surface area (Å²) in [7, 11) is 0. The van der Waals surface area contributed by atoms with Gasteiger partial charge in [0.25, 0.3) is 0 Å². The number of phenols is 1. The topological polar surface area (TPSA) is 78.9 Å². The fourth-order valence-corrected chi connectivity index (χ4v) is 5.47. The largest absolute Gasteiger partial charge is 0.506 e. The maximum atomic E-state index is 13.7. The number of aryl methyl sites for hydroxylation is 1. The van der Waals surface area contributed by atoms with Crippen LogP contribution in [0.2, 0.25) is 0 Å². The second kappa shape index (κ2) is 9.43. The van der Waals surface area contributed by atoms with Gasteiger partial charge in [-0.25, -0.2) is 0 Å². The number of rotatable bonds is 4. The van der Waals surface area contributed by atoms with Gasteiger partial charge in [0.1, 0.15) is 23.8 Å². The number of carbonyl (C=O) groups is 2. The molecule has 0 aromatic heterocycles. The van der Waals surface area contributed by atoms with Gasteiger partial charge in [-0.2, -0.15) is 0 Å². The number of amides is 1. The van der Waals surface area contributed by atoms with Gasteiger partial charge in [-0.3, -0.25) is 14.5 Å². The number of aromatic hydroxyl groups is 1. The highest BCUT2D eigenvalue weighted by Gasteiger charge is 2.43. The summed E-state index contributed by atoms with van der Waals surface area (Å²) in [5.74, 6) is 0.544. The number of hydrogen-bond donors (Lipinski definition) is 2. The van der Waals surface area contributed by atoms with E-state index in [0.29, 0.717) is 36.4 Å². The van der Waals surface area contributed by atoms with Crippen molar-refractivity contribution in [2.45, 2.75) is 53.2 Å². The average molecular weight is 497 g/mol. The van der Waals surface area contributed by atoms with E-state index in [9.17, 15) is 14.7 Å². The Hall–Kier alpha value is -4.06. The molecule has 0 bridgehead atoms. The van der Waals surface area contributed by atoms with Gasteiger partial charge >= 0.3 is 0 Å². The van der Waals surface area contributed by atoms with Crippen molar-refractivity contribution in [1.29, 1.82) is 0 Å². The molecule has 1 atom stereocenters. The third kappa shape index (κ3) is 4.71. The number of nitrogens with zero attached hydrogens (tertiary/aromatic N) is 1. The third-order valence-electron chi connectivity index (χ3n) is 7.13. The van der Waals surface area contributed by atoms with Gasteiger partial charge in [-0.05, 0) is 59.7 Å². The monoisotopic (exact) mass is 496 g/mol. The molecule has 0 radical (unpaired) electrons. The van der Waals surface area contributed by atoms with E-state index in [1.807, 2.05) is 55.5 Å². The minimum atomic E-state index is -0.630. The molecule has 0 saturated carbocycles. The van der Waals surface area contributed by atoms with Gasteiger partial charge in [0.2, 0.25) is 5.91 Å². The molecule has 1 amide bonds. The number of Topliss-reactive ketones (excluding diaryl/α,β-unsaturated/α-hetero) is 1. The maximum Gasteiger partial charge on any atom is 0.224 e. The molecule has 6 heteroatoms. The molecule has 0 fully saturated rings. The van der Waals surface area contributed by atoms with Gasteiger partial charge in [-0.1, -0.05) is 56.3 Å². The normalized spacial score (nSPS) is 18.4. The molecule has 37 heavy (non-hydrogen) atoms. The summed E-state index contributed by atoms with van der Waals surface area (Å²) >= 11 is 0. The van der Waals surface area contributed by atoms with Crippen LogP contribution < -0.4 is 15.0 Å². The van der Waals surface area contributed by atoms with Crippen LogP contribution >= 0.6 is 0 Å². The zero-order valence-electron chi connectivity index (χ0n) is 21.7. The van der Waals surface area contributed by atoms with E-state index < -0.39 is 6.04 Å². The Labute approximate surface area is 217 Å². The molecular weight excluding hydrogens is 464 g/mol. The van der Waals surface area contributed by atoms with Crippen LogP contribution in [0, 0.1) is 12.3 Å². The first-order valence-corrected chi connectivity index (χ1v) is 12.6. The number of ether oxygens (including phenoxy) is 1. The molecular formula is C31H32N2O4. The lowest BCUT2D eigenvalue weighted by Gasteiger charge is -2.37. The number of anilines is 2. The minimum Gasteiger partial charge on any atom is -0.506 e. The summed E-state index contributed by atoms with van der Waals surface area (Å²) in [5.41, 5.74) is 4.90. The Morgan fingerprint density at radius 3 is 2.54 bits per heavy atom. The fraction of sp³-hybridized carbons (Fsp3) is 0.290. The van der Waals surface area contributed by atoms with E-state index in [2.05, 4.69) is 19.2 Å². The number of fused-ring (bicyclic) bond motifs is 1. The lowest BCUT2D eigenvalue weighted by molar-refractivity contribution is -0.118. The van der Waals surface area contributed by atoms with Crippen LogP contribution in [0.15, 0.2) is 78.0 Å². The Morgan fingerprint density at radius 1 is 1.08 bits per heavy atom. The van der Waals surface area contributed by atoms with Crippen LogP contribution in [0.1, 0.15) is 56.3 Å². The van der Waals surface area contributed by atoms with Gasteiger partial charge < -0.3 is 15.2 Å². The van der Waals surface area contributed by atoms with Crippen LogP contribution in [0.25, 0.3) is 0 Å². The Balaban J connectivity index is 1.63. The molecule has 3 aromatic rings. The number of para-hydroxylation sites is 1. The summed E-state index contributed by atoms with van der Waals surface area (Å²) in [4.78, 5) is 28.5. The average Bonchev–Trinajstić information content (AvgIpc) is 2.98.